The average molecular weight is 389 g/mol. The van der Waals surface area contributed by atoms with E-state index in [1.54, 1.807) is 4.90 Å². The van der Waals surface area contributed by atoms with Gasteiger partial charge in [0.05, 0.1) is 6.54 Å². The highest BCUT2D eigenvalue weighted by molar-refractivity contribution is 5.89. The largest absolute Gasteiger partial charge is 0.448 e. The van der Waals surface area contributed by atoms with Gasteiger partial charge in [-0.15, -0.1) is 0 Å². The lowest BCUT2D eigenvalue weighted by Crippen LogP contribution is -2.38. The SMILES string of the molecule is C[C@H]1CCCCN1CCCCNC(=O)Nc1cccc(CN2CCOC2=O)c1. The Morgan fingerprint density at radius 2 is 2.14 bits per heavy atom. The van der Waals surface area contributed by atoms with Crippen LogP contribution < -0.4 is 10.6 Å². The number of anilines is 1. The molecule has 0 aromatic heterocycles. The van der Waals surface area contributed by atoms with Crippen LogP contribution in [-0.2, 0) is 11.3 Å². The van der Waals surface area contributed by atoms with Crippen LogP contribution in [0, 0.1) is 0 Å². The molecule has 0 radical (unpaired) electrons. The number of piperidine rings is 1. The molecule has 2 aliphatic heterocycles. The van der Waals surface area contributed by atoms with Crippen molar-refractivity contribution >= 4 is 17.8 Å². The Morgan fingerprint density at radius 3 is 2.93 bits per heavy atom. The third-order valence-corrected chi connectivity index (χ3v) is 5.50. The van der Waals surface area contributed by atoms with Crippen molar-refractivity contribution in [1.29, 1.82) is 0 Å². The number of benzene rings is 1. The molecule has 1 aromatic rings. The highest BCUT2D eigenvalue weighted by Crippen LogP contribution is 2.17. The number of ether oxygens (including phenoxy) is 1. The molecule has 2 heterocycles. The summed E-state index contributed by atoms with van der Waals surface area (Å²) in [5.74, 6) is 0. The topological polar surface area (TPSA) is 73.9 Å². The molecule has 2 saturated heterocycles. The van der Waals surface area contributed by atoms with Crippen molar-refractivity contribution in [3.05, 3.63) is 29.8 Å². The van der Waals surface area contributed by atoms with E-state index in [0.717, 1.165) is 30.6 Å². The molecule has 0 saturated carbocycles. The molecule has 1 atom stereocenters. The van der Waals surface area contributed by atoms with E-state index in [0.29, 0.717) is 32.3 Å². The monoisotopic (exact) mass is 388 g/mol. The van der Waals surface area contributed by atoms with Crippen LogP contribution in [0.25, 0.3) is 0 Å². The van der Waals surface area contributed by atoms with Crippen LogP contribution in [0.3, 0.4) is 0 Å². The Labute approximate surface area is 167 Å². The minimum absolute atomic E-state index is 0.191. The lowest BCUT2D eigenvalue weighted by atomic mass is 10.0. The van der Waals surface area contributed by atoms with Crippen LogP contribution in [0.5, 0.6) is 0 Å². The molecule has 2 aliphatic rings. The standard InChI is InChI=1S/C21H32N4O3/c1-17-7-2-4-11-24(17)12-5-3-10-22-20(26)23-19-9-6-8-18(15-19)16-25-13-14-28-21(25)27/h6,8-9,15,17H,2-5,7,10-14,16H2,1H3,(H2,22,23,26)/t17-/m0/s1. The van der Waals surface area contributed by atoms with E-state index in [4.69, 9.17) is 4.74 Å². The second kappa shape index (κ2) is 10.3. The van der Waals surface area contributed by atoms with Gasteiger partial charge in [0.2, 0.25) is 0 Å². The Morgan fingerprint density at radius 1 is 1.25 bits per heavy atom. The Bertz CT molecular complexity index is 667. The summed E-state index contributed by atoms with van der Waals surface area (Å²) in [4.78, 5) is 27.9. The first-order chi connectivity index (χ1) is 13.6. The van der Waals surface area contributed by atoms with Crippen molar-refractivity contribution in [1.82, 2.24) is 15.1 Å². The van der Waals surface area contributed by atoms with Gasteiger partial charge in [0, 0.05) is 24.8 Å². The first kappa shape index (κ1) is 20.5. The van der Waals surface area contributed by atoms with Crippen LogP contribution in [0.2, 0.25) is 0 Å². The van der Waals surface area contributed by atoms with Crippen LogP contribution in [-0.4, -0.2) is 60.8 Å². The number of cyclic esters (lactones) is 1. The summed E-state index contributed by atoms with van der Waals surface area (Å²) in [5.41, 5.74) is 1.69. The lowest BCUT2D eigenvalue weighted by molar-refractivity contribution is 0.157. The van der Waals surface area contributed by atoms with E-state index in [2.05, 4.69) is 22.5 Å². The smallest absolute Gasteiger partial charge is 0.410 e. The van der Waals surface area contributed by atoms with Gasteiger partial charge in [-0.05, 0) is 63.4 Å². The van der Waals surface area contributed by atoms with Crippen molar-refractivity contribution < 1.29 is 14.3 Å². The fourth-order valence-corrected chi connectivity index (χ4v) is 3.84. The van der Waals surface area contributed by atoms with Crippen LogP contribution >= 0.6 is 0 Å². The maximum atomic E-state index is 12.1. The molecule has 0 unspecified atom stereocenters. The molecular weight excluding hydrogens is 356 g/mol. The summed E-state index contributed by atoms with van der Waals surface area (Å²) < 4.78 is 4.95. The zero-order chi connectivity index (χ0) is 19.8. The summed E-state index contributed by atoms with van der Waals surface area (Å²) in [6, 6.07) is 8.07. The molecule has 3 rings (SSSR count). The van der Waals surface area contributed by atoms with Gasteiger partial charge in [0.1, 0.15) is 6.61 Å². The molecule has 1 aromatic carbocycles. The van der Waals surface area contributed by atoms with Crippen molar-refractivity contribution in [3.8, 4) is 0 Å². The average Bonchev–Trinajstić information content (AvgIpc) is 3.08. The predicted molar refractivity (Wildman–Crippen MR) is 109 cm³/mol. The number of nitrogens with zero attached hydrogens (tertiary/aromatic N) is 2. The Hall–Kier alpha value is -2.28. The quantitative estimate of drug-likeness (QED) is 0.669. The maximum Gasteiger partial charge on any atom is 0.410 e. The lowest BCUT2D eigenvalue weighted by Gasteiger charge is -2.33. The number of hydrogen-bond acceptors (Lipinski definition) is 4. The number of amides is 3. The highest BCUT2D eigenvalue weighted by atomic mass is 16.6. The summed E-state index contributed by atoms with van der Waals surface area (Å²) in [7, 11) is 0. The zero-order valence-corrected chi connectivity index (χ0v) is 16.8. The molecule has 2 N–H and O–H groups in total. The van der Waals surface area contributed by atoms with E-state index >= 15 is 0 Å². The Kier molecular flexibility index (Phi) is 7.54. The van der Waals surface area contributed by atoms with E-state index in [-0.39, 0.29) is 12.1 Å². The predicted octanol–water partition coefficient (Wildman–Crippen LogP) is 3.41. The molecule has 28 heavy (non-hydrogen) atoms. The fourth-order valence-electron chi connectivity index (χ4n) is 3.84. The second-order valence-electron chi connectivity index (χ2n) is 7.71. The van der Waals surface area contributed by atoms with Crippen molar-refractivity contribution in [2.75, 3.05) is 38.1 Å². The number of unbranched alkanes of at least 4 members (excludes halogenated alkanes) is 1. The Balaban J connectivity index is 1.34. The van der Waals surface area contributed by atoms with Crippen molar-refractivity contribution in [2.24, 2.45) is 0 Å². The van der Waals surface area contributed by atoms with Crippen molar-refractivity contribution in [2.45, 2.75) is 51.6 Å². The first-order valence-corrected chi connectivity index (χ1v) is 10.4. The van der Waals surface area contributed by atoms with Gasteiger partial charge >= 0.3 is 12.1 Å². The number of likely N-dealkylation sites (tertiary alicyclic amines) is 1. The molecule has 0 spiro atoms. The number of rotatable bonds is 8. The van der Waals surface area contributed by atoms with E-state index in [9.17, 15) is 9.59 Å². The summed E-state index contributed by atoms with van der Waals surface area (Å²) >= 11 is 0. The van der Waals surface area contributed by atoms with Gasteiger partial charge in [0.15, 0.2) is 0 Å². The third-order valence-electron chi connectivity index (χ3n) is 5.50. The van der Waals surface area contributed by atoms with Gasteiger partial charge in [0.25, 0.3) is 0 Å². The molecule has 7 heteroatoms. The molecule has 0 bridgehead atoms. The molecule has 7 nitrogen and oxygen atoms in total. The van der Waals surface area contributed by atoms with Crippen molar-refractivity contribution in [3.63, 3.8) is 0 Å². The molecule has 0 aliphatic carbocycles. The van der Waals surface area contributed by atoms with Crippen LogP contribution in [0.15, 0.2) is 24.3 Å². The number of carbonyl (C=O) groups excluding carboxylic acids is 2. The van der Waals surface area contributed by atoms with Crippen LogP contribution in [0.4, 0.5) is 15.3 Å². The minimum atomic E-state index is -0.282. The number of hydrogen-bond donors (Lipinski definition) is 2. The van der Waals surface area contributed by atoms with Gasteiger partial charge in [-0.2, -0.15) is 0 Å². The highest BCUT2D eigenvalue weighted by Gasteiger charge is 2.21. The van der Waals surface area contributed by atoms with Gasteiger partial charge in [-0.3, -0.25) is 0 Å². The zero-order valence-electron chi connectivity index (χ0n) is 16.8. The summed E-state index contributed by atoms with van der Waals surface area (Å²) in [5, 5.41) is 5.80. The second-order valence-corrected chi connectivity index (χ2v) is 7.71. The third kappa shape index (κ3) is 6.12. The molecule has 154 valence electrons. The van der Waals surface area contributed by atoms with E-state index < -0.39 is 0 Å². The van der Waals surface area contributed by atoms with Gasteiger partial charge < -0.3 is 25.2 Å². The van der Waals surface area contributed by atoms with Gasteiger partial charge in [-0.25, -0.2) is 9.59 Å². The van der Waals surface area contributed by atoms with Gasteiger partial charge in [-0.1, -0.05) is 18.6 Å². The van der Waals surface area contributed by atoms with E-state index in [1.807, 2.05) is 24.3 Å². The number of urea groups is 1. The molecule has 2 fully saturated rings. The van der Waals surface area contributed by atoms with E-state index in [1.165, 1.54) is 25.8 Å². The number of nitrogens with one attached hydrogen (secondary N) is 2. The first-order valence-electron chi connectivity index (χ1n) is 10.4. The fraction of sp³-hybridized carbons (Fsp3) is 0.619. The molecular formula is C21H32N4O3. The maximum absolute atomic E-state index is 12.1. The normalized spacial score (nSPS) is 20.1. The number of carbonyl (C=O) groups is 2. The van der Waals surface area contributed by atoms with Crippen LogP contribution in [0.1, 0.15) is 44.6 Å². The minimum Gasteiger partial charge on any atom is -0.448 e. The molecule has 3 amide bonds. The summed E-state index contributed by atoms with van der Waals surface area (Å²) in [6.07, 6.45) is 5.76. The summed E-state index contributed by atoms with van der Waals surface area (Å²) in [6.45, 7) is 6.85.